The van der Waals surface area contributed by atoms with Gasteiger partial charge in [-0.25, -0.2) is 6.14 Å². The van der Waals surface area contributed by atoms with Gasteiger partial charge in [0.1, 0.15) is 0 Å². The minimum Gasteiger partial charge on any atom is -0.230 e. The van der Waals surface area contributed by atoms with E-state index in [2.05, 4.69) is 0 Å². The quantitative estimate of drug-likeness (QED) is 0.632. The molecule has 4 heteroatoms. The molecule has 0 aliphatic heterocycles. The molecule has 0 aliphatic carbocycles. The van der Waals surface area contributed by atoms with Gasteiger partial charge >= 0.3 is 19.8 Å². The smallest absolute Gasteiger partial charge is 0.230 e. The summed E-state index contributed by atoms with van der Waals surface area (Å²) in [6, 6.07) is 0. The average molecular weight is 220 g/mol. The molecule has 0 aromatic carbocycles. The predicted molar refractivity (Wildman–Crippen MR) is 30.4 cm³/mol. The molecule has 0 aromatic heterocycles. The summed E-state index contributed by atoms with van der Waals surface area (Å²) in [5.41, 5.74) is 0.991. The van der Waals surface area contributed by atoms with E-state index in [1.54, 1.807) is 0 Å². The highest BCUT2D eigenvalue weighted by Crippen LogP contribution is 2.04. The fourth-order valence-electron chi connectivity index (χ4n) is 0.0389. The van der Waals surface area contributed by atoms with Crippen LogP contribution in [0.5, 0.6) is 0 Å². The first-order valence-corrected chi connectivity index (χ1v) is 4.52. The van der Waals surface area contributed by atoms with E-state index in [9.17, 15) is 6.14 Å². The van der Waals surface area contributed by atoms with Crippen LogP contribution in [0.25, 0.3) is 0 Å². The van der Waals surface area contributed by atoms with Crippen molar-refractivity contribution in [2.24, 2.45) is 0 Å². The highest BCUT2D eigenvalue weighted by Gasteiger charge is 1.69. The van der Waals surface area contributed by atoms with Crippen molar-refractivity contribution in [3.8, 4) is 0 Å². The summed E-state index contributed by atoms with van der Waals surface area (Å²) in [5.74, 6) is 0. The van der Waals surface area contributed by atoms with E-state index in [-0.39, 0.29) is 0 Å². The van der Waals surface area contributed by atoms with Gasteiger partial charge in [-0.1, -0.05) is 11.6 Å². The molecule has 0 unspecified atom stereocenters. The minimum atomic E-state index is -3.12. The van der Waals surface area contributed by atoms with Crippen molar-refractivity contribution in [2.75, 3.05) is 0 Å². The van der Waals surface area contributed by atoms with Gasteiger partial charge in [-0.05, 0) is 0 Å². The Morgan fingerprint density at radius 3 is 2.00 bits per heavy atom. The van der Waals surface area contributed by atoms with Gasteiger partial charge in [-0.2, -0.15) is 0 Å². The second-order valence-corrected chi connectivity index (χ2v) is 2.84. The molecule has 0 N–H and O–H groups in total. The standard InChI is InChI=1S/C2H2ClIO2/c3-1-2-4(5)6/h1-2H/b2-1+. The maximum Gasteiger partial charge on any atom is 0.334 e. The molecule has 0 bridgehead atoms. The van der Waals surface area contributed by atoms with Crippen molar-refractivity contribution in [1.82, 2.24) is 0 Å². The van der Waals surface area contributed by atoms with Crippen LogP contribution in [0.1, 0.15) is 0 Å². The van der Waals surface area contributed by atoms with Crippen molar-refractivity contribution in [3.05, 3.63) is 9.62 Å². The molecule has 0 heterocycles. The Balaban J connectivity index is 3.62. The van der Waals surface area contributed by atoms with Crippen LogP contribution in [0.4, 0.5) is 0 Å². The second kappa shape index (κ2) is 3.55. The molecule has 0 aromatic rings. The molecule has 0 aliphatic rings. The minimum absolute atomic E-state index is 0.978. The van der Waals surface area contributed by atoms with Gasteiger partial charge in [0.25, 0.3) is 0 Å². The van der Waals surface area contributed by atoms with E-state index < -0.39 is 19.8 Å². The van der Waals surface area contributed by atoms with Crippen LogP contribution < -0.4 is 0 Å². The van der Waals surface area contributed by atoms with Crippen LogP contribution in [0, 0.1) is 0 Å². The van der Waals surface area contributed by atoms with Crippen LogP contribution in [0.2, 0.25) is 0 Å². The molecule has 36 valence electrons. The van der Waals surface area contributed by atoms with Crippen LogP contribution in [-0.2, 0) is 6.14 Å². The number of hydrogen-bond donors (Lipinski definition) is 0. The summed E-state index contributed by atoms with van der Waals surface area (Å²) in [7, 11) is 0. The Kier molecular flexibility index (Phi) is 3.76. The fourth-order valence-corrected chi connectivity index (χ4v) is 0.782. The Morgan fingerprint density at radius 2 is 2.00 bits per heavy atom. The summed E-state index contributed by atoms with van der Waals surface area (Å²) >= 11 is 1.74. The predicted octanol–water partition coefficient (Wildman–Crippen LogP) is 1.89. The summed E-state index contributed by atoms with van der Waals surface area (Å²) in [6.07, 6.45) is 0. The molecule has 0 saturated heterocycles. The van der Waals surface area contributed by atoms with E-state index in [0.717, 1.165) is 9.62 Å². The third kappa shape index (κ3) is 4.36. The first kappa shape index (κ1) is 6.36. The maximum absolute atomic E-state index is 9.56. The lowest BCUT2D eigenvalue weighted by molar-refractivity contribution is 0.611. The SMILES string of the molecule is O=I(=O)/C=C/Cl. The number of rotatable bonds is 1. The van der Waals surface area contributed by atoms with Crippen molar-refractivity contribution < 1.29 is 6.14 Å². The van der Waals surface area contributed by atoms with Gasteiger partial charge in [0.05, 0.1) is 4.08 Å². The van der Waals surface area contributed by atoms with E-state index in [1.165, 1.54) is 0 Å². The molecule has 0 amide bonds. The second-order valence-electron chi connectivity index (χ2n) is 0.493. The summed E-state index contributed by atoms with van der Waals surface area (Å²) in [4.78, 5) is 0. The van der Waals surface area contributed by atoms with Crippen LogP contribution >= 0.6 is 31.4 Å². The van der Waals surface area contributed by atoms with Crippen molar-refractivity contribution in [3.63, 3.8) is 0 Å². The summed E-state index contributed by atoms with van der Waals surface area (Å²) in [5, 5.41) is 0. The zero-order valence-corrected chi connectivity index (χ0v) is 5.64. The Labute approximate surface area is 47.3 Å². The molecular formula is C2H2ClIO2. The largest absolute Gasteiger partial charge is 0.334 e. The van der Waals surface area contributed by atoms with Gasteiger partial charge in [0.15, 0.2) is 0 Å². The third-order valence-corrected chi connectivity index (χ3v) is 1.65. The lowest BCUT2D eigenvalue weighted by atomic mass is 11.3. The lowest BCUT2D eigenvalue weighted by Gasteiger charge is -1.51. The van der Waals surface area contributed by atoms with Crippen LogP contribution in [0.3, 0.4) is 0 Å². The first-order valence-electron chi connectivity index (χ1n) is 1.08. The fraction of sp³-hybridized carbons (Fsp3) is 0. The number of halogens is 2. The molecule has 0 rings (SSSR count). The normalized spacial score (nSPS) is 11.0. The van der Waals surface area contributed by atoms with Gasteiger partial charge in [-0.3, -0.25) is 0 Å². The topological polar surface area (TPSA) is 34.1 Å². The van der Waals surface area contributed by atoms with Gasteiger partial charge in [0, 0.05) is 5.54 Å². The molecule has 0 atom stereocenters. The third-order valence-electron chi connectivity index (χ3n) is 0.150. The Bertz CT molecular complexity index is 107. The van der Waals surface area contributed by atoms with Gasteiger partial charge in [-0.15, -0.1) is 0 Å². The van der Waals surface area contributed by atoms with Crippen LogP contribution in [-0.4, -0.2) is 0 Å². The zero-order valence-electron chi connectivity index (χ0n) is 2.73. The lowest BCUT2D eigenvalue weighted by Crippen LogP contribution is -1.23. The summed E-state index contributed by atoms with van der Waals surface area (Å²) < 4.78 is 20.1. The molecule has 2 nitrogen and oxygen atoms in total. The summed E-state index contributed by atoms with van der Waals surface area (Å²) in [6.45, 7) is 0. The molecule has 0 spiro atoms. The highest BCUT2D eigenvalue weighted by atomic mass is 127. The van der Waals surface area contributed by atoms with E-state index >= 15 is 0 Å². The van der Waals surface area contributed by atoms with Crippen molar-refractivity contribution in [1.29, 1.82) is 0 Å². The van der Waals surface area contributed by atoms with E-state index in [0.29, 0.717) is 0 Å². The molecule has 0 fully saturated rings. The average Bonchev–Trinajstić information content (AvgIpc) is 1.35. The highest BCUT2D eigenvalue weighted by molar-refractivity contribution is 14.2. The van der Waals surface area contributed by atoms with Crippen LogP contribution in [0.15, 0.2) is 9.62 Å². The molecule has 0 radical (unpaired) electrons. The van der Waals surface area contributed by atoms with E-state index in [4.69, 9.17) is 11.6 Å². The van der Waals surface area contributed by atoms with E-state index in [1.807, 2.05) is 0 Å². The Morgan fingerprint density at radius 1 is 1.50 bits per heavy atom. The maximum atomic E-state index is 9.56. The van der Waals surface area contributed by atoms with Crippen molar-refractivity contribution >= 4 is 31.4 Å². The van der Waals surface area contributed by atoms with Gasteiger partial charge < -0.3 is 0 Å². The molecule has 0 saturated carbocycles. The molecular weight excluding hydrogens is 218 g/mol. The first-order chi connectivity index (χ1) is 2.77. The van der Waals surface area contributed by atoms with Gasteiger partial charge in [0.2, 0.25) is 0 Å². The Hall–Kier alpha value is 0.360. The number of hydrogen-bond acceptors (Lipinski definition) is 2. The van der Waals surface area contributed by atoms with Crippen molar-refractivity contribution in [2.45, 2.75) is 0 Å². The monoisotopic (exact) mass is 220 g/mol. The zero-order chi connectivity index (χ0) is 4.99. The molecule has 6 heavy (non-hydrogen) atoms.